The van der Waals surface area contributed by atoms with Crippen molar-refractivity contribution in [2.75, 3.05) is 20.7 Å². The van der Waals surface area contributed by atoms with E-state index < -0.39 is 23.0 Å². The highest BCUT2D eigenvalue weighted by Gasteiger charge is 2.17. The Balaban J connectivity index is 3.03. The molecule has 0 aliphatic carbocycles. The summed E-state index contributed by atoms with van der Waals surface area (Å²) in [6.07, 6.45) is -2.73. The van der Waals surface area contributed by atoms with Gasteiger partial charge in [-0.2, -0.15) is 0 Å². The highest BCUT2D eigenvalue weighted by molar-refractivity contribution is 7.89. The minimum absolute atomic E-state index is 0.0702. The van der Waals surface area contributed by atoms with E-state index in [1.54, 1.807) is 7.05 Å². The Hall–Kier alpha value is -1.25. The third kappa shape index (κ3) is 4.41. The first-order chi connectivity index (χ1) is 8.90. The van der Waals surface area contributed by atoms with E-state index in [4.69, 9.17) is 4.74 Å². The van der Waals surface area contributed by atoms with Crippen molar-refractivity contribution in [1.82, 2.24) is 10.0 Å². The van der Waals surface area contributed by atoms with Crippen molar-refractivity contribution in [3.63, 3.8) is 0 Å². The van der Waals surface area contributed by atoms with Crippen LogP contribution in [0.25, 0.3) is 0 Å². The minimum Gasteiger partial charge on any atom is -0.496 e. The molecule has 0 atom stereocenters. The molecule has 0 aliphatic heterocycles. The van der Waals surface area contributed by atoms with Crippen LogP contribution in [0.5, 0.6) is 5.75 Å². The third-order valence-electron chi connectivity index (χ3n) is 2.36. The minimum atomic E-state index is -3.93. The van der Waals surface area contributed by atoms with Crippen molar-refractivity contribution in [3.8, 4) is 5.75 Å². The predicted octanol–water partition coefficient (Wildman–Crippen LogP) is 0.958. The van der Waals surface area contributed by atoms with E-state index in [1.807, 2.05) is 4.72 Å². The molecule has 0 saturated carbocycles. The summed E-state index contributed by atoms with van der Waals surface area (Å²) in [4.78, 5) is -0.0702. The summed E-state index contributed by atoms with van der Waals surface area (Å²) in [6, 6.07) is 4.19. The number of methoxy groups -OCH3 is 1. The van der Waals surface area contributed by atoms with Crippen molar-refractivity contribution >= 4 is 10.0 Å². The fourth-order valence-electron chi connectivity index (χ4n) is 1.51. The van der Waals surface area contributed by atoms with Crippen LogP contribution in [0.2, 0.25) is 0 Å². The Bertz CT molecular complexity index is 521. The highest BCUT2D eigenvalue weighted by Crippen LogP contribution is 2.22. The zero-order valence-corrected chi connectivity index (χ0v) is 11.4. The number of halogens is 2. The van der Waals surface area contributed by atoms with Crippen LogP contribution < -0.4 is 14.8 Å². The van der Waals surface area contributed by atoms with Crippen LogP contribution in [0.4, 0.5) is 8.78 Å². The molecule has 0 radical (unpaired) electrons. The topological polar surface area (TPSA) is 67.4 Å². The summed E-state index contributed by atoms with van der Waals surface area (Å²) in [5.41, 5.74) is 0.630. The van der Waals surface area contributed by atoms with Crippen LogP contribution in [0.15, 0.2) is 23.1 Å². The van der Waals surface area contributed by atoms with Gasteiger partial charge in [-0.25, -0.2) is 21.9 Å². The molecule has 0 heterocycles. The van der Waals surface area contributed by atoms with Crippen molar-refractivity contribution in [2.45, 2.75) is 17.9 Å². The quantitative estimate of drug-likeness (QED) is 0.786. The third-order valence-corrected chi connectivity index (χ3v) is 3.78. The number of nitrogens with one attached hydrogen (secondary N) is 2. The predicted molar refractivity (Wildman–Crippen MR) is 67.0 cm³/mol. The van der Waals surface area contributed by atoms with Crippen LogP contribution in [0, 0.1) is 0 Å². The molecule has 19 heavy (non-hydrogen) atoms. The second kappa shape index (κ2) is 6.78. The Morgan fingerprint density at radius 1 is 1.37 bits per heavy atom. The fraction of sp³-hybridized carbons (Fsp3) is 0.455. The summed E-state index contributed by atoms with van der Waals surface area (Å²) < 4.78 is 54.6. The molecule has 0 spiro atoms. The van der Waals surface area contributed by atoms with E-state index >= 15 is 0 Å². The molecule has 0 saturated heterocycles. The van der Waals surface area contributed by atoms with Crippen molar-refractivity contribution in [2.24, 2.45) is 0 Å². The van der Waals surface area contributed by atoms with Gasteiger partial charge < -0.3 is 10.1 Å². The maximum absolute atomic E-state index is 12.0. The molecule has 8 heteroatoms. The van der Waals surface area contributed by atoms with Gasteiger partial charge in [-0.15, -0.1) is 0 Å². The van der Waals surface area contributed by atoms with Crippen LogP contribution in [0.3, 0.4) is 0 Å². The van der Waals surface area contributed by atoms with Gasteiger partial charge in [-0.1, -0.05) is 0 Å². The van der Waals surface area contributed by atoms with Crippen molar-refractivity contribution in [3.05, 3.63) is 23.8 Å². The molecule has 5 nitrogen and oxygen atoms in total. The van der Waals surface area contributed by atoms with Crippen LogP contribution >= 0.6 is 0 Å². The molecular formula is C11H16F2N2O3S. The average molecular weight is 294 g/mol. The van der Waals surface area contributed by atoms with Gasteiger partial charge in [-0.3, -0.25) is 0 Å². The molecule has 0 fully saturated rings. The highest BCUT2D eigenvalue weighted by atomic mass is 32.2. The summed E-state index contributed by atoms with van der Waals surface area (Å²) in [5, 5.41) is 2.87. The van der Waals surface area contributed by atoms with Gasteiger partial charge in [0.15, 0.2) is 0 Å². The molecule has 2 N–H and O–H groups in total. The summed E-state index contributed by atoms with van der Waals surface area (Å²) in [5.74, 6) is 0.530. The van der Waals surface area contributed by atoms with Crippen molar-refractivity contribution in [1.29, 1.82) is 0 Å². The number of hydrogen-bond donors (Lipinski definition) is 2. The Morgan fingerprint density at radius 3 is 2.58 bits per heavy atom. The smallest absolute Gasteiger partial charge is 0.251 e. The number of hydrogen-bond acceptors (Lipinski definition) is 4. The Labute approximate surface area is 111 Å². The van der Waals surface area contributed by atoms with E-state index in [1.165, 1.54) is 25.3 Å². The average Bonchev–Trinajstić information content (AvgIpc) is 2.37. The van der Waals surface area contributed by atoms with E-state index in [0.717, 1.165) is 0 Å². The first-order valence-corrected chi connectivity index (χ1v) is 6.98. The Kier molecular flexibility index (Phi) is 5.64. The number of rotatable bonds is 7. The Morgan fingerprint density at radius 2 is 2.05 bits per heavy atom. The second-order valence-corrected chi connectivity index (χ2v) is 5.51. The summed E-state index contributed by atoms with van der Waals surface area (Å²) >= 11 is 0. The molecule has 0 bridgehead atoms. The molecule has 1 rings (SSSR count). The van der Waals surface area contributed by atoms with Gasteiger partial charge in [0.05, 0.1) is 18.6 Å². The lowest BCUT2D eigenvalue weighted by Crippen LogP contribution is -2.28. The van der Waals surface area contributed by atoms with Gasteiger partial charge in [0, 0.05) is 12.1 Å². The van der Waals surface area contributed by atoms with E-state index in [0.29, 0.717) is 17.9 Å². The zero-order valence-electron chi connectivity index (χ0n) is 10.6. The molecule has 0 aromatic heterocycles. The molecule has 108 valence electrons. The van der Waals surface area contributed by atoms with E-state index in [-0.39, 0.29) is 4.90 Å². The molecule has 1 aromatic carbocycles. The fourth-order valence-corrected chi connectivity index (χ4v) is 2.56. The standard InChI is InChI=1S/C11H16F2N2O3S/c1-14-6-8-5-9(3-4-10(8)18-2)19(16,17)15-7-11(12)13/h3-5,11,14-15H,6-7H2,1-2H3. The first kappa shape index (κ1) is 15.8. The lowest BCUT2D eigenvalue weighted by Gasteiger charge is -2.11. The maximum atomic E-state index is 12.0. The maximum Gasteiger partial charge on any atom is 0.251 e. The van der Waals surface area contributed by atoms with Gasteiger partial charge in [-0.05, 0) is 25.2 Å². The van der Waals surface area contributed by atoms with E-state index in [2.05, 4.69) is 5.32 Å². The SMILES string of the molecule is CNCc1cc(S(=O)(=O)NCC(F)F)ccc1OC. The first-order valence-electron chi connectivity index (χ1n) is 5.50. The van der Waals surface area contributed by atoms with Gasteiger partial charge >= 0.3 is 0 Å². The molecule has 0 unspecified atom stereocenters. The lowest BCUT2D eigenvalue weighted by molar-refractivity contribution is 0.153. The number of benzene rings is 1. The van der Waals surface area contributed by atoms with Gasteiger partial charge in [0.25, 0.3) is 6.43 Å². The van der Waals surface area contributed by atoms with Gasteiger partial charge in [0.1, 0.15) is 5.75 Å². The summed E-state index contributed by atoms with van der Waals surface area (Å²) in [7, 11) is -0.760. The lowest BCUT2D eigenvalue weighted by atomic mass is 10.2. The van der Waals surface area contributed by atoms with Gasteiger partial charge in [0.2, 0.25) is 10.0 Å². The number of alkyl halides is 2. The monoisotopic (exact) mass is 294 g/mol. The van der Waals surface area contributed by atoms with Crippen LogP contribution in [-0.4, -0.2) is 35.5 Å². The number of sulfonamides is 1. The number of ether oxygens (including phenoxy) is 1. The largest absolute Gasteiger partial charge is 0.496 e. The van der Waals surface area contributed by atoms with Crippen LogP contribution in [0.1, 0.15) is 5.56 Å². The van der Waals surface area contributed by atoms with E-state index in [9.17, 15) is 17.2 Å². The second-order valence-electron chi connectivity index (χ2n) is 3.75. The molecular weight excluding hydrogens is 278 g/mol. The van der Waals surface area contributed by atoms with Crippen molar-refractivity contribution < 1.29 is 21.9 Å². The molecule has 0 amide bonds. The molecule has 1 aromatic rings. The molecule has 0 aliphatic rings. The zero-order chi connectivity index (χ0) is 14.5. The van der Waals surface area contributed by atoms with Crippen LogP contribution in [-0.2, 0) is 16.6 Å². The normalized spacial score (nSPS) is 11.8. The summed E-state index contributed by atoms with van der Waals surface area (Å²) in [6.45, 7) is -0.503.